The lowest BCUT2D eigenvalue weighted by Gasteiger charge is -2.43. The predicted octanol–water partition coefficient (Wildman–Crippen LogP) is 6.08. The smallest absolute Gasteiger partial charge is 0.414 e. The molecule has 36 heavy (non-hydrogen) atoms. The van der Waals surface area contributed by atoms with Crippen LogP contribution in [0.5, 0.6) is 11.5 Å². The third-order valence-corrected chi connectivity index (χ3v) is 7.00. The molecule has 1 aliphatic heterocycles. The molecule has 0 bridgehead atoms. The molecule has 2 aromatic rings. The first kappa shape index (κ1) is 25.7. The van der Waals surface area contributed by atoms with Crippen molar-refractivity contribution < 1.29 is 28.5 Å². The van der Waals surface area contributed by atoms with Gasteiger partial charge in [0.05, 0.1) is 32.6 Å². The average molecular weight is 497 g/mol. The molecule has 1 saturated carbocycles. The van der Waals surface area contributed by atoms with E-state index < -0.39 is 6.09 Å². The highest BCUT2D eigenvalue weighted by molar-refractivity contribution is 5.91. The maximum absolute atomic E-state index is 13.4. The number of benzene rings is 2. The monoisotopic (exact) mass is 496 g/mol. The van der Waals surface area contributed by atoms with Gasteiger partial charge in [-0.1, -0.05) is 30.3 Å². The third kappa shape index (κ3) is 5.37. The van der Waals surface area contributed by atoms with E-state index >= 15 is 0 Å². The zero-order chi connectivity index (χ0) is 25.7. The summed E-state index contributed by atoms with van der Waals surface area (Å²) in [6, 6.07) is 12.9. The van der Waals surface area contributed by atoms with E-state index in [1.807, 2.05) is 43.3 Å². The molecule has 0 saturated heterocycles. The van der Waals surface area contributed by atoms with Crippen molar-refractivity contribution in [1.29, 1.82) is 0 Å². The maximum atomic E-state index is 13.4. The van der Waals surface area contributed by atoms with Crippen LogP contribution in [0.4, 0.5) is 15.3 Å². The molecule has 8 heteroatoms. The molecule has 0 N–H and O–H groups in total. The zero-order valence-corrected chi connectivity index (χ0v) is 21.6. The van der Waals surface area contributed by atoms with Crippen molar-refractivity contribution in [2.45, 2.75) is 70.7 Å². The summed E-state index contributed by atoms with van der Waals surface area (Å²) in [5.74, 6) is 1.04. The summed E-state index contributed by atoms with van der Waals surface area (Å²) in [6.07, 6.45) is 3.63. The van der Waals surface area contributed by atoms with Crippen LogP contribution in [-0.2, 0) is 16.0 Å². The number of carbonyl (C=O) groups is 2. The molecule has 1 aliphatic carbocycles. The van der Waals surface area contributed by atoms with Crippen molar-refractivity contribution in [2.75, 3.05) is 25.7 Å². The molecule has 8 nitrogen and oxygen atoms in total. The molecule has 194 valence electrons. The Kier molecular flexibility index (Phi) is 8.23. The molecule has 2 aromatic carbocycles. The topological polar surface area (TPSA) is 77.5 Å². The summed E-state index contributed by atoms with van der Waals surface area (Å²) >= 11 is 0. The van der Waals surface area contributed by atoms with Gasteiger partial charge < -0.3 is 18.9 Å². The number of ether oxygens (including phenoxy) is 4. The summed E-state index contributed by atoms with van der Waals surface area (Å²) in [5, 5.41) is 0. The van der Waals surface area contributed by atoms with Gasteiger partial charge in [-0.05, 0) is 57.6 Å². The van der Waals surface area contributed by atoms with Crippen LogP contribution in [-0.4, -0.2) is 50.1 Å². The predicted molar refractivity (Wildman–Crippen MR) is 137 cm³/mol. The molecule has 2 atom stereocenters. The minimum Gasteiger partial charge on any atom is -0.493 e. The second-order valence-corrected chi connectivity index (χ2v) is 9.34. The van der Waals surface area contributed by atoms with Crippen molar-refractivity contribution in [3.63, 3.8) is 0 Å². The minimum absolute atomic E-state index is 0.0554. The van der Waals surface area contributed by atoms with Gasteiger partial charge in [0, 0.05) is 24.2 Å². The van der Waals surface area contributed by atoms with Gasteiger partial charge in [0.1, 0.15) is 6.10 Å². The van der Waals surface area contributed by atoms with Crippen molar-refractivity contribution in [2.24, 2.45) is 0 Å². The number of amides is 2. The summed E-state index contributed by atoms with van der Waals surface area (Å²) in [7, 11) is 3.14. The van der Waals surface area contributed by atoms with E-state index in [1.54, 1.807) is 37.0 Å². The number of hydrogen-bond donors (Lipinski definition) is 0. The van der Waals surface area contributed by atoms with Gasteiger partial charge in [-0.3, -0.25) is 9.80 Å². The SMILES string of the molecule is CCOC(=O)N(Cc1ccccc1)[C@H]1C[C@@H](C)N(C(=O)OC2CCCC2)c2cc(OC)c(OC)cc21. The molecule has 1 fully saturated rings. The van der Waals surface area contributed by atoms with Crippen LogP contribution in [0.1, 0.15) is 63.1 Å². The van der Waals surface area contributed by atoms with Crippen molar-refractivity contribution in [1.82, 2.24) is 4.90 Å². The third-order valence-electron chi connectivity index (χ3n) is 7.00. The quantitative estimate of drug-likeness (QED) is 0.462. The van der Waals surface area contributed by atoms with Gasteiger partial charge in [0.2, 0.25) is 0 Å². The Morgan fingerprint density at radius 3 is 2.33 bits per heavy atom. The zero-order valence-electron chi connectivity index (χ0n) is 21.6. The summed E-state index contributed by atoms with van der Waals surface area (Å²) in [5.41, 5.74) is 2.43. The second-order valence-electron chi connectivity index (χ2n) is 9.34. The molecule has 1 heterocycles. The Bertz CT molecular complexity index is 1050. The summed E-state index contributed by atoms with van der Waals surface area (Å²) in [6.45, 7) is 4.42. The normalized spacial score (nSPS) is 19.4. The van der Waals surface area contributed by atoms with Crippen LogP contribution < -0.4 is 14.4 Å². The Morgan fingerprint density at radius 2 is 1.69 bits per heavy atom. The summed E-state index contributed by atoms with van der Waals surface area (Å²) < 4.78 is 22.5. The average Bonchev–Trinajstić information content (AvgIpc) is 3.39. The van der Waals surface area contributed by atoms with Crippen molar-refractivity contribution in [3.8, 4) is 11.5 Å². The van der Waals surface area contributed by atoms with E-state index in [1.165, 1.54) is 0 Å². The van der Waals surface area contributed by atoms with Crippen LogP contribution in [0.15, 0.2) is 42.5 Å². The fraction of sp³-hybridized carbons (Fsp3) is 0.500. The standard InChI is InChI=1S/C28H36N2O6/c1-5-35-27(31)29(18-20-11-7-6-8-12-20)23-15-19(2)30(28(32)36-21-13-9-10-14-21)24-17-26(34-4)25(33-3)16-22(23)24/h6-8,11-12,16-17,19,21,23H,5,9-10,13-15,18H2,1-4H3/t19-,23+/m1/s1. The molecule has 0 aromatic heterocycles. The van der Waals surface area contributed by atoms with Crippen molar-refractivity contribution in [3.05, 3.63) is 53.6 Å². The first-order valence-corrected chi connectivity index (χ1v) is 12.7. The molecular weight excluding hydrogens is 460 g/mol. The Labute approximate surface area is 213 Å². The molecule has 2 amide bonds. The number of nitrogens with zero attached hydrogens (tertiary/aromatic N) is 2. The minimum atomic E-state index is -0.402. The highest BCUT2D eigenvalue weighted by atomic mass is 16.6. The first-order valence-electron chi connectivity index (χ1n) is 12.7. The lowest BCUT2D eigenvalue weighted by molar-refractivity contribution is 0.0792. The largest absolute Gasteiger partial charge is 0.493 e. The lowest BCUT2D eigenvalue weighted by atomic mass is 9.90. The van der Waals surface area contributed by atoms with E-state index in [-0.39, 0.29) is 30.9 Å². The van der Waals surface area contributed by atoms with E-state index in [2.05, 4.69) is 0 Å². The Hall–Kier alpha value is -3.42. The van der Waals surface area contributed by atoms with Crippen LogP contribution >= 0.6 is 0 Å². The number of carbonyl (C=O) groups excluding carboxylic acids is 2. The number of hydrogen-bond acceptors (Lipinski definition) is 6. The van der Waals surface area contributed by atoms with Gasteiger partial charge in [-0.25, -0.2) is 9.59 Å². The number of fused-ring (bicyclic) bond motifs is 1. The summed E-state index contributed by atoms with van der Waals surface area (Å²) in [4.78, 5) is 30.1. The molecule has 0 spiro atoms. The van der Waals surface area contributed by atoms with E-state index in [0.717, 1.165) is 36.8 Å². The first-order chi connectivity index (χ1) is 17.5. The van der Waals surface area contributed by atoms with Gasteiger partial charge >= 0.3 is 12.2 Å². The highest BCUT2D eigenvalue weighted by Crippen LogP contribution is 2.46. The van der Waals surface area contributed by atoms with Crippen LogP contribution in [0.2, 0.25) is 0 Å². The lowest BCUT2D eigenvalue weighted by Crippen LogP contribution is -2.48. The van der Waals surface area contributed by atoms with Crippen LogP contribution in [0.25, 0.3) is 0 Å². The molecule has 2 aliphatic rings. The number of rotatable bonds is 7. The molecule has 4 rings (SSSR count). The molecule has 0 unspecified atom stereocenters. The van der Waals surface area contributed by atoms with Gasteiger partial charge in [0.15, 0.2) is 11.5 Å². The van der Waals surface area contributed by atoms with E-state index in [4.69, 9.17) is 18.9 Å². The van der Waals surface area contributed by atoms with Crippen molar-refractivity contribution >= 4 is 17.9 Å². The molecular formula is C28H36N2O6. The Morgan fingerprint density at radius 1 is 1.03 bits per heavy atom. The van der Waals surface area contributed by atoms with E-state index in [9.17, 15) is 9.59 Å². The fourth-order valence-corrected chi connectivity index (χ4v) is 5.22. The number of anilines is 1. The number of methoxy groups -OCH3 is 2. The van der Waals surface area contributed by atoms with Crippen LogP contribution in [0.3, 0.4) is 0 Å². The van der Waals surface area contributed by atoms with Crippen LogP contribution in [0, 0.1) is 0 Å². The van der Waals surface area contributed by atoms with E-state index in [0.29, 0.717) is 30.2 Å². The van der Waals surface area contributed by atoms with Gasteiger partial charge in [0.25, 0.3) is 0 Å². The maximum Gasteiger partial charge on any atom is 0.414 e. The highest BCUT2D eigenvalue weighted by Gasteiger charge is 2.41. The van der Waals surface area contributed by atoms with Gasteiger partial charge in [-0.15, -0.1) is 0 Å². The molecule has 0 radical (unpaired) electrons. The second kappa shape index (κ2) is 11.5. The fourth-order valence-electron chi connectivity index (χ4n) is 5.22. The van der Waals surface area contributed by atoms with Gasteiger partial charge in [-0.2, -0.15) is 0 Å². The Balaban J connectivity index is 1.77.